The fourth-order valence-electron chi connectivity index (χ4n) is 5.80. The lowest BCUT2D eigenvalue weighted by Gasteiger charge is -2.47. The quantitative estimate of drug-likeness (QED) is 0.391. The van der Waals surface area contributed by atoms with Crippen molar-refractivity contribution in [2.75, 3.05) is 13.1 Å². The van der Waals surface area contributed by atoms with E-state index in [1.54, 1.807) is 4.90 Å². The number of aromatic nitrogens is 1. The summed E-state index contributed by atoms with van der Waals surface area (Å²) in [7, 11) is 0. The molecular weight excluding hydrogens is 470 g/mol. The van der Waals surface area contributed by atoms with Gasteiger partial charge in [-0.1, -0.05) is 72.3 Å². The Labute approximate surface area is 215 Å². The number of carbonyl (C=O) groups is 2. The van der Waals surface area contributed by atoms with Crippen molar-refractivity contribution in [3.05, 3.63) is 106 Å². The number of H-pyrrole nitrogens is 1. The summed E-state index contributed by atoms with van der Waals surface area (Å²) in [5.74, 6) is 0.0716. The van der Waals surface area contributed by atoms with Gasteiger partial charge in [0, 0.05) is 34.6 Å². The van der Waals surface area contributed by atoms with E-state index in [-0.39, 0.29) is 24.4 Å². The third-order valence-electron chi connectivity index (χ3n) is 7.59. The molecule has 2 aliphatic heterocycles. The highest BCUT2D eigenvalue weighted by Gasteiger charge is 2.47. The summed E-state index contributed by atoms with van der Waals surface area (Å²) < 4.78 is 0. The number of carbonyl (C=O) groups excluding carboxylic acids is 2. The van der Waals surface area contributed by atoms with Crippen molar-refractivity contribution < 1.29 is 9.59 Å². The van der Waals surface area contributed by atoms with Crippen molar-refractivity contribution in [2.24, 2.45) is 0 Å². The number of amides is 2. The van der Waals surface area contributed by atoms with Gasteiger partial charge in [-0.15, -0.1) is 0 Å². The van der Waals surface area contributed by atoms with Crippen LogP contribution < -0.4 is 0 Å². The second kappa shape index (κ2) is 9.47. The van der Waals surface area contributed by atoms with Crippen LogP contribution >= 0.6 is 11.6 Å². The number of halogens is 1. The molecule has 6 heteroatoms. The highest BCUT2D eigenvalue weighted by atomic mass is 35.5. The molecule has 6 rings (SSSR count). The van der Waals surface area contributed by atoms with Crippen molar-refractivity contribution >= 4 is 34.3 Å². The first-order valence-corrected chi connectivity index (χ1v) is 12.9. The molecule has 4 aromatic rings. The zero-order valence-corrected chi connectivity index (χ0v) is 20.7. The van der Waals surface area contributed by atoms with Crippen molar-refractivity contribution in [1.29, 1.82) is 0 Å². The van der Waals surface area contributed by atoms with Gasteiger partial charge < -0.3 is 14.8 Å². The number of piperazine rings is 1. The molecule has 0 saturated carbocycles. The van der Waals surface area contributed by atoms with Crippen molar-refractivity contribution in [2.45, 2.75) is 37.8 Å². The van der Waals surface area contributed by atoms with Crippen LogP contribution in [-0.2, 0) is 28.9 Å². The number of hydrogen-bond donors (Lipinski definition) is 1. The van der Waals surface area contributed by atoms with Crippen LogP contribution in [-0.4, -0.2) is 45.7 Å². The number of rotatable bonds is 6. The van der Waals surface area contributed by atoms with Crippen LogP contribution in [0, 0.1) is 0 Å². The fourth-order valence-corrected chi connectivity index (χ4v) is 5.92. The topological polar surface area (TPSA) is 56.4 Å². The summed E-state index contributed by atoms with van der Waals surface area (Å²) in [6.07, 6.45) is 2.84. The minimum absolute atomic E-state index is 0.0260. The van der Waals surface area contributed by atoms with Crippen molar-refractivity contribution in [3.63, 3.8) is 0 Å². The Morgan fingerprint density at radius 2 is 1.58 bits per heavy atom. The first-order chi connectivity index (χ1) is 17.6. The van der Waals surface area contributed by atoms with E-state index < -0.39 is 6.04 Å². The van der Waals surface area contributed by atoms with E-state index in [2.05, 4.69) is 29.2 Å². The highest BCUT2D eigenvalue weighted by molar-refractivity contribution is 6.30. The Morgan fingerprint density at radius 3 is 2.39 bits per heavy atom. The number of nitrogens with zero attached hydrogens (tertiary/aromatic N) is 2. The number of hydrogen-bond acceptors (Lipinski definition) is 2. The van der Waals surface area contributed by atoms with Crippen molar-refractivity contribution in [3.8, 4) is 0 Å². The highest BCUT2D eigenvalue weighted by Crippen LogP contribution is 2.41. The molecule has 1 aromatic heterocycles. The molecule has 0 spiro atoms. The van der Waals surface area contributed by atoms with Gasteiger partial charge in [0.05, 0.1) is 12.6 Å². The van der Waals surface area contributed by atoms with E-state index >= 15 is 0 Å². The lowest BCUT2D eigenvalue weighted by Crippen LogP contribution is -2.63. The Kier molecular flexibility index (Phi) is 6.02. The molecule has 0 radical (unpaired) electrons. The van der Waals surface area contributed by atoms with Crippen molar-refractivity contribution in [1.82, 2.24) is 14.8 Å². The molecule has 36 heavy (non-hydrogen) atoms. The molecule has 1 N–H and O–H groups in total. The maximum atomic E-state index is 13.8. The molecule has 2 atom stereocenters. The second-order valence-corrected chi connectivity index (χ2v) is 10.2. The summed E-state index contributed by atoms with van der Waals surface area (Å²) in [5.41, 5.74) is 5.65. The summed E-state index contributed by atoms with van der Waals surface area (Å²) in [6.45, 7) is 0.645. The van der Waals surface area contributed by atoms with E-state index in [0.29, 0.717) is 24.4 Å². The number of aryl methyl sites for hydroxylation is 1. The lowest BCUT2D eigenvalue weighted by atomic mass is 9.86. The number of aromatic amines is 1. The van der Waals surface area contributed by atoms with Gasteiger partial charge in [-0.05, 0) is 54.2 Å². The summed E-state index contributed by atoms with van der Waals surface area (Å²) in [5, 5.41) is 1.84. The van der Waals surface area contributed by atoms with Gasteiger partial charge in [0.25, 0.3) is 0 Å². The first kappa shape index (κ1) is 22.9. The summed E-state index contributed by atoms with van der Waals surface area (Å²) in [4.78, 5) is 34.6. The first-order valence-electron chi connectivity index (χ1n) is 12.6. The molecule has 0 bridgehead atoms. The van der Waals surface area contributed by atoms with Gasteiger partial charge in [-0.3, -0.25) is 9.59 Å². The minimum Gasteiger partial charge on any atom is -0.356 e. The Morgan fingerprint density at radius 1 is 0.861 bits per heavy atom. The summed E-state index contributed by atoms with van der Waals surface area (Å²) in [6, 6.07) is 25.6. The number of para-hydroxylation sites is 1. The van der Waals surface area contributed by atoms with Crippen LogP contribution in [0.15, 0.2) is 78.9 Å². The number of fused-ring (bicyclic) bond motifs is 4. The minimum atomic E-state index is -0.469. The molecule has 2 amide bonds. The number of nitrogens with one attached hydrogen (secondary N) is 1. The van der Waals surface area contributed by atoms with Gasteiger partial charge in [-0.25, -0.2) is 0 Å². The van der Waals surface area contributed by atoms with E-state index in [1.807, 2.05) is 59.5 Å². The molecule has 0 unspecified atom stereocenters. The maximum absolute atomic E-state index is 13.8. The predicted molar refractivity (Wildman–Crippen MR) is 142 cm³/mol. The van der Waals surface area contributed by atoms with Crippen LogP contribution in [0.2, 0.25) is 5.02 Å². The van der Waals surface area contributed by atoms with Gasteiger partial charge in [0.15, 0.2) is 0 Å². The Hall–Kier alpha value is -3.57. The lowest BCUT2D eigenvalue weighted by molar-refractivity contribution is -0.159. The average Bonchev–Trinajstić information content (AvgIpc) is 3.28. The SMILES string of the molecule is O=C1[C@@H]2Cc3c([nH]c4ccccc34)[C@H](CCc3ccccc3)N2C(=O)CN1CCc1ccc(Cl)cc1. The zero-order valence-electron chi connectivity index (χ0n) is 20.0. The number of benzene rings is 3. The molecule has 5 nitrogen and oxygen atoms in total. The molecular formula is C30H28ClN3O2. The average molecular weight is 498 g/mol. The van der Waals surface area contributed by atoms with Crippen LogP contribution in [0.3, 0.4) is 0 Å². The summed E-state index contributed by atoms with van der Waals surface area (Å²) >= 11 is 6.01. The van der Waals surface area contributed by atoms with E-state index in [9.17, 15) is 9.59 Å². The van der Waals surface area contributed by atoms with Crippen LogP contribution in [0.4, 0.5) is 0 Å². The molecule has 1 saturated heterocycles. The smallest absolute Gasteiger partial charge is 0.246 e. The zero-order chi connectivity index (χ0) is 24.6. The van der Waals surface area contributed by atoms with Gasteiger partial charge in [-0.2, -0.15) is 0 Å². The monoisotopic (exact) mass is 497 g/mol. The predicted octanol–water partition coefficient (Wildman–Crippen LogP) is 5.33. The third kappa shape index (κ3) is 4.18. The second-order valence-electron chi connectivity index (χ2n) is 9.76. The molecule has 2 aliphatic rings. The van der Waals surface area contributed by atoms with Crippen LogP contribution in [0.1, 0.15) is 34.8 Å². The molecule has 3 aromatic carbocycles. The molecule has 0 aliphatic carbocycles. The Balaban J connectivity index is 1.30. The van der Waals surface area contributed by atoms with E-state index in [4.69, 9.17) is 11.6 Å². The standard InChI is InChI=1S/C30H28ClN3O2/c31-22-13-10-21(11-14-22)16-17-33-19-28(35)34-26(15-12-20-6-2-1-3-7-20)29-24(18-27(34)30(33)36)23-8-4-5-9-25(23)32-29/h1-11,13-14,26-27,32H,12,15-19H2/t26-,27-/m0/s1. The Bertz CT molecular complexity index is 1410. The van der Waals surface area contributed by atoms with Gasteiger partial charge in [0.2, 0.25) is 11.8 Å². The van der Waals surface area contributed by atoms with Gasteiger partial charge >= 0.3 is 0 Å². The van der Waals surface area contributed by atoms with E-state index in [1.165, 1.54) is 11.1 Å². The van der Waals surface area contributed by atoms with Crippen LogP contribution in [0.25, 0.3) is 10.9 Å². The van der Waals surface area contributed by atoms with Gasteiger partial charge in [0.1, 0.15) is 6.04 Å². The maximum Gasteiger partial charge on any atom is 0.246 e. The fraction of sp³-hybridized carbons (Fsp3) is 0.267. The molecule has 3 heterocycles. The van der Waals surface area contributed by atoms with E-state index in [0.717, 1.165) is 35.0 Å². The normalized spacial score (nSPS) is 19.5. The van der Waals surface area contributed by atoms with Crippen LogP contribution in [0.5, 0.6) is 0 Å². The molecule has 182 valence electrons. The largest absolute Gasteiger partial charge is 0.356 e. The molecule has 1 fully saturated rings. The third-order valence-corrected chi connectivity index (χ3v) is 7.84.